The number of rotatable bonds is 6. The van der Waals surface area contributed by atoms with Crippen molar-refractivity contribution in [3.8, 4) is 11.8 Å². The lowest BCUT2D eigenvalue weighted by Crippen LogP contribution is -2.50. The summed E-state index contributed by atoms with van der Waals surface area (Å²) in [5, 5.41) is 12.0. The van der Waals surface area contributed by atoms with Gasteiger partial charge in [0.1, 0.15) is 5.54 Å². The van der Waals surface area contributed by atoms with E-state index in [1.54, 1.807) is 20.8 Å². The number of ether oxygens (including phenoxy) is 2. The number of amides is 1. The third kappa shape index (κ3) is 4.76. The zero-order valence-corrected chi connectivity index (χ0v) is 15.3. The number of carbonyl (C=O) groups excluding carboxylic acids is 2. The number of halogens is 2. The van der Waals surface area contributed by atoms with E-state index in [0.717, 1.165) is 0 Å². The predicted molar refractivity (Wildman–Crippen MR) is 90.3 cm³/mol. The number of benzene rings is 1. The molecule has 1 amide bonds. The monoisotopic (exact) mass is 372 g/mol. The topological polar surface area (TPSA) is 88.4 Å². The van der Waals surface area contributed by atoms with Gasteiger partial charge in [0.2, 0.25) is 0 Å². The highest BCUT2D eigenvalue weighted by Crippen LogP contribution is 2.33. The molecule has 0 aliphatic heterocycles. The molecule has 0 aliphatic carbocycles. The van der Waals surface area contributed by atoms with Gasteiger partial charge in [-0.15, -0.1) is 0 Å². The summed E-state index contributed by atoms with van der Waals surface area (Å²) in [4.78, 5) is 23.9. The van der Waals surface area contributed by atoms with Crippen LogP contribution in [0, 0.1) is 17.2 Å². The van der Waals surface area contributed by atoms with E-state index in [4.69, 9.17) is 37.9 Å². The second kappa shape index (κ2) is 8.22. The van der Waals surface area contributed by atoms with Gasteiger partial charge >= 0.3 is 5.97 Å². The zero-order valence-electron chi connectivity index (χ0n) is 13.8. The summed E-state index contributed by atoms with van der Waals surface area (Å²) in [6.45, 7) is 4.68. The average Bonchev–Trinajstić information content (AvgIpc) is 2.51. The van der Waals surface area contributed by atoms with Gasteiger partial charge in [0, 0.05) is 0 Å². The van der Waals surface area contributed by atoms with Gasteiger partial charge in [0.15, 0.2) is 12.4 Å². The van der Waals surface area contributed by atoms with Crippen LogP contribution < -0.4 is 10.1 Å². The third-order valence-electron chi connectivity index (χ3n) is 3.56. The molecule has 1 rings (SSSR count). The second-order valence-corrected chi connectivity index (χ2v) is 6.38. The first-order valence-electron chi connectivity index (χ1n) is 7.07. The van der Waals surface area contributed by atoms with Crippen molar-refractivity contribution in [2.45, 2.75) is 26.3 Å². The van der Waals surface area contributed by atoms with E-state index in [9.17, 15) is 9.59 Å². The Morgan fingerprint density at radius 1 is 1.33 bits per heavy atom. The number of nitrogens with zero attached hydrogens (tertiary/aromatic N) is 1. The van der Waals surface area contributed by atoms with Crippen molar-refractivity contribution < 1.29 is 19.1 Å². The smallest absolute Gasteiger partial charge is 0.338 e. The van der Waals surface area contributed by atoms with Crippen molar-refractivity contribution >= 4 is 35.1 Å². The molecule has 0 fully saturated rings. The molecule has 1 N–H and O–H groups in total. The molecule has 0 unspecified atom stereocenters. The fraction of sp³-hybridized carbons (Fsp3) is 0.438. The first-order valence-corrected chi connectivity index (χ1v) is 7.82. The largest absolute Gasteiger partial charge is 0.494 e. The van der Waals surface area contributed by atoms with Gasteiger partial charge in [-0.05, 0) is 25.0 Å². The summed E-state index contributed by atoms with van der Waals surface area (Å²) in [5.74, 6) is -1.21. The average molecular weight is 373 g/mol. The summed E-state index contributed by atoms with van der Waals surface area (Å²) in [5.41, 5.74) is -0.957. The lowest BCUT2D eigenvalue weighted by Gasteiger charge is -2.27. The van der Waals surface area contributed by atoms with Crippen LogP contribution in [0.15, 0.2) is 12.1 Å². The van der Waals surface area contributed by atoms with E-state index >= 15 is 0 Å². The number of esters is 1. The molecule has 130 valence electrons. The summed E-state index contributed by atoms with van der Waals surface area (Å²) < 4.78 is 9.91. The third-order valence-corrected chi connectivity index (χ3v) is 4.12. The Morgan fingerprint density at radius 3 is 2.29 bits per heavy atom. The first-order chi connectivity index (χ1) is 11.1. The Hall–Kier alpha value is -1.97. The Labute approximate surface area is 150 Å². The molecule has 0 radical (unpaired) electrons. The van der Waals surface area contributed by atoms with Crippen molar-refractivity contribution in [3.63, 3.8) is 0 Å². The molecule has 24 heavy (non-hydrogen) atoms. The quantitative estimate of drug-likeness (QED) is 0.774. The maximum Gasteiger partial charge on any atom is 0.338 e. The minimum atomic E-state index is -1.05. The Kier molecular flexibility index (Phi) is 6.88. The van der Waals surface area contributed by atoms with E-state index < -0.39 is 24.0 Å². The second-order valence-electron chi connectivity index (χ2n) is 5.57. The Morgan fingerprint density at radius 2 is 1.88 bits per heavy atom. The van der Waals surface area contributed by atoms with E-state index in [-0.39, 0.29) is 27.3 Å². The number of hydrogen-bond acceptors (Lipinski definition) is 5. The molecule has 0 saturated heterocycles. The molecule has 0 heterocycles. The number of nitrogens with one attached hydrogen (secondary N) is 1. The van der Waals surface area contributed by atoms with Crippen LogP contribution >= 0.6 is 23.2 Å². The zero-order chi connectivity index (χ0) is 18.5. The molecular weight excluding hydrogens is 355 g/mol. The summed E-state index contributed by atoms with van der Waals surface area (Å²) >= 11 is 11.9. The molecule has 1 atom stereocenters. The molecule has 0 saturated carbocycles. The lowest BCUT2D eigenvalue weighted by molar-refractivity contribution is -0.125. The van der Waals surface area contributed by atoms with Crippen molar-refractivity contribution in [3.05, 3.63) is 27.7 Å². The SMILES string of the molecule is COc1c(Cl)cc(C(=O)OCC(=O)N[C@@](C)(C#N)C(C)C)cc1Cl. The van der Waals surface area contributed by atoms with Gasteiger partial charge in [-0.2, -0.15) is 5.26 Å². The van der Waals surface area contributed by atoms with Crippen LogP contribution in [0.4, 0.5) is 0 Å². The van der Waals surface area contributed by atoms with E-state index in [1.165, 1.54) is 19.2 Å². The molecule has 0 aromatic heterocycles. The van der Waals surface area contributed by atoms with Gasteiger partial charge in [-0.1, -0.05) is 37.0 Å². The highest BCUT2D eigenvalue weighted by molar-refractivity contribution is 6.37. The van der Waals surface area contributed by atoms with Crippen LogP contribution in [0.25, 0.3) is 0 Å². The van der Waals surface area contributed by atoms with Crippen LogP contribution in [0.2, 0.25) is 10.0 Å². The predicted octanol–water partition coefficient (Wildman–Crippen LogP) is 3.21. The van der Waals surface area contributed by atoms with Gasteiger partial charge in [0.25, 0.3) is 5.91 Å². The molecule has 6 nitrogen and oxygen atoms in total. The van der Waals surface area contributed by atoms with Crippen LogP contribution in [0.1, 0.15) is 31.1 Å². The maximum atomic E-state index is 12.0. The van der Waals surface area contributed by atoms with Gasteiger partial charge in [0.05, 0.1) is 28.8 Å². The van der Waals surface area contributed by atoms with Gasteiger partial charge < -0.3 is 14.8 Å². The Balaban J connectivity index is 2.74. The van der Waals surface area contributed by atoms with Crippen LogP contribution in [-0.4, -0.2) is 31.1 Å². The van der Waals surface area contributed by atoms with Crippen LogP contribution in [0.3, 0.4) is 0 Å². The summed E-state index contributed by atoms with van der Waals surface area (Å²) in [6.07, 6.45) is 0. The number of hydrogen-bond donors (Lipinski definition) is 1. The lowest BCUT2D eigenvalue weighted by atomic mass is 9.90. The van der Waals surface area contributed by atoms with Crippen molar-refractivity contribution in [1.82, 2.24) is 5.32 Å². The van der Waals surface area contributed by atoms with Crippen molar-refractivity contribution in [1.29, 1.82) is 5.26 Å². The van der Waals surface area contributed by atoms with E-state index in [2.05, 4.69) is 5.32 Å². The summed E-state index contributed by atoms with van der Waals surface area (Å²) in [7, 11) is 1.40. The molecule has 8 heteroatoms. The maximum absolute atomic E-state index is 12.0. The fourth-order valence-electron chi connectivity index (χ4n) is 1.71. The van der Waals surface area contributed by atoms with E-state index in [1.807, 2.05) is 6.07 Å². The fourth-order valence-corrected chi connectivity index (χ4v) is 2.36. The number of carbonyl (C=O) groups is 2. The molecular formula is C16H18Cl2N2O4. The van der Waals surface area contributed by atoms with Gasteiger partial charge in [-0.3, -0.25) is 4.79 Å². The standard InChI is InChI=1S/C16H18Cl2N2O4/c1-9(2)16(3,8-19)20-13(21)7-24-15(22)10-5-11(17)14(23-4)12(18)6-10/h5-6,9H,7H2,1-4H3,(H,20,21)/t16-/m0/s1. The first kappa shape index (κ1) is 20.1. The molecule has 0 bridgehead atoms. The van der Waals surface area contributed by atoms with Gasteiger partial charge in [-0.25, -0.2) is 4.79 Å². The number of methoxy groups -OCH3 is 1. The molecule has 0 spiro atoms. The van der Waals surface area contributed by atoms with Crippen LogP contribution in [0.5, 0.6) is 5.75 Å². The van der Waals surface area contributed by atoms with Crippen LogP contribution in [-0.2, 0) is 9.53 Å². The normalized spacial score (nSPS) is 12.9. The molecule has 0 aliphatic rings. The summed E-state index contributed by atoms with van der Waals surface area (Å²) in [6, 6.07) is 4.70. The minimum Gasteiger partial charge on any atom is -0.494 e. The number of nitriles is 1. The highest BCUT2D eigenvalue weighted by Gasteiger charge is 2.30. The van der Waals surface area contributed by atoms with Crippen molar-refractivity contribution in [2.75, 3.05) is 13.7 Å². The highest BCUT2D eigenvalue weighted by atomic mass is 35.5. The van der Waals surface area contributed by atoms with Crippen molar-refractivity contribution in [2.24, 2.45) is 5.92 Å². The van der Waals surface area contributed by atoms with E-state index in [0.29, 0.717) is 0 Å². The molecule has 1 aromatic rings. The minimum absolute atomic E-state index is 0.0884. The molecule has 1 aromatic carbocycles. The Bertz CT molecular complexity index is 662.